The largest absolute Gasteiger partial charge is 0.444 e. The van der Waals surface area contributed by atoms with Crippen molar-refractivity contribution in [2.24, 2.45) is 0 Å². The highest BCUT2D eigenvalue weighted by molar-refractivity contribution is 5.75. The molecule has 0 fully saturated rings. The van der Waals surface area contributed by atoms with Crippen LogP contribution in [0.15, 0.2) is 30.3 Å². The van der Waals surface area contributed by atoms with Crippen molar-refractivity contribution in [3.05, 3.63) is 53.1 Å². The van der Waals surface area contributed by atoms with Gasteiger partial charge in [-0.05, 0) is 43.5 Å². The minimum Gasteiger partial charge on any atom is -0.444 e. The summed E-state index contributed by atoms with van der Waals surface area (Å²) in [5, 5.41) is 0. The number of hydrogen-bond donors (Lipinski definition) is 1. The Bertz CT molecular complexity index is 844. The van der Waals surface area contributed by atoms with Gasteiger partial charge < -0.3 is 10.5 Å². The molecule has 2 aromatic rings. The predicted molar refractivity (Wildman–Crippen MR) is 91.7 cm³/mol. The van der Waals surface area contributed by atoms with Crippen LogP contribution in [0.5, 0.6) is 0 Å². The number of nitrogens with two attached hydrogens (primary N) is 1. The topological polar surface area (TPSA) is 55.6 Å². The van der Waals surface area contributed by atoms with Crippen molar-refractivity contribution in [1.29, 1.82) is 0 Å². The van der Waals surface area contributed by atoms with E-state index in [-0.39, 0.29) is 11.3 Å². The summed E-state index contributed by atoms with van der Waals surface area (Å²) >= 11 is 0. The van der Waals surface area contributed by atoms with E-state index in [1.807, 2.05) is 6.07 Å². The summed E-state index contributed by atoms with van der Waals surface area (Å²) in [6.07, 6.45) is -0.422. The maximum atomic E-state index is 14.3. The van der Waals surface area contributed by atoms with Gasteiger partial charge >= 0.3 is 6.09 Å². The number of anilines is 1. The number of benzene rings is 2. The standard InChI is InChI=1S/C19H20F2N2O2/c1-19(2,3)25-18(24)23-9-11-5-4-6-12(14(11)10-23)13-7-17(22)16(21)8-15(13)20/h4-8H,9-10,22H2,1-3H3. The van der Waals surface area contributed by atoms with Gasteiger partial charge in [-0.15, -0.1) is 0 Å². The molecule has 25 heavy (non-hydrogen) atoms. The lowest BCUT2D eigenvalue weighted by molar-refractivity contribution is 0.0242. The van der Waals surface area contributed by atoms with Crippen molar-refractivity contribution >= 4 is 11.8 Å². The fourth-order valence-corrected chi connectivity index (χ4v) is 2.90. The summed E-state index contributed by atoms with van der Waals surface area (Å²) in [6.45, 7) is 6.09. The molecule has 1 aliphatic rings. The van der Waals surface area contributed by atoms with E-state index in [1.165, 1.54) is 6.07 Å². The molecule has 1 heterocycles. The van der Waals surface area contributed by atoms with Crippen molar-refractivity contribution in [3.63, 3.8) is 0 Å². The molecule has 1 aliphatic heterocycles. The van der Waals surface area contributed by atoms with Crippen LogP contribution in [0.1, 0.15) is 31.9 Å². The van der Waals surface area contributed by atoms with Crippen LogP contribution in [0.4, 0.5) is 19.3 Å². The van der Waals surface area contributed by atoms with Crippen LogP contribution < -0.4 is 5.73 Å². The Morgan fingerprint density at radius 3 is 2.52 bits per heavy atom. The van der Waals surface area contributed by atoms with E-state index in [0.717, 1.165) is 17.2 Å². The Labute approximate surface area is 145 Å². The number of hydrogen-bond acceptors (Lipinski definition) is 3. The number of nitrogens with zero attached hydrogens (tertiary/aromatic N) is 1. The molecule has 0 aromatic heterocycles. The normalized spacial score (nSPS) is 13.7. The molecule has 6 heteroatoms. The van der Waals surface area contributed by atoms with Gasteiger partial charge in [0.2, 0.25) is 0 Å². The zero-order valence-corrected chi connectivity index (χ0v) is 14.4. The first kappa shape index (κ1) is 17.2. The zero-order chi connectivity index (χ0) is 18.4. The Balaban J connectivity index is 1.95. The highest BCUT2D eigenvalue weighted by atomic mass is 19.1. The Kier molecular flexibility index (Phi) is 4.14. The fraction of sp³-hybridized carbons (Fsp3) is 0.316. The molecule has 0 spiro atoms. The first-order chi connectivity index (χ1) is 11.7. The average Bonchev–Trinajstić information content (AvgIpc) is 2.93. The fourth-order valence-electron chi connectivity index (χ4n) is 2.90. The molecule has 2 N–H and O–H groups in total. The lowest BCUT2D eigenvalue weighted by atomic mass is 9.96. The second kappa shape index (κ2) is 6.02. The van der Waals surface area contributed by atoms with E-state index in [9.17, 15) is 13.6 Å². The van der Waals surface area contributed by atoms with Crippen LogP contribution in [-0.2, 0) is 17.8 Å². The van der Waals surface area contributed by atoms with E-state index in [1.54, 1.807) is 37.8 Å². The lowest BCUT2D eigenvalue weighted by Gasteiger charge is -2.24. The van der Waals surface area contributed by atoms with Crippen LogP contribution in [0.2, 0.25) is 0 Å². The number of amides is 1. The van der Waals surface area contributed by atoms with Crippen LogP contribution in [-0.4, -0.2) is 16.6 Å². The summed E-state index contributed by atoms with van der Waals surface area (Å²) in [4.78, 5) is 13.9. The van der Waals surface area contributed by atoms with Gasteiger partial charge in [-0.1, -0.05) is 18.2 Å². The average molecular weight is 346 g/mol. The maximum absolute atomic E-state index is 14.3. The summed E-state index contributed by atoms with van der Waals surface area (Å²) in [5.74, 6) is -1.47. The first-order valence-corrected chi connectivity index (χ1v) is 7.99. The van der Waals surface area contributed by atoms with Crippen molar-refractivity contribution in [2.45, 2.75) is 39.5 Å². The van der Waals surface area contributed by atoms with Crippen molar-refractivity contribution < 1.29 is 18.3 Å². The first-order valence-electron chi connectivity index (χ1n) is 7.99. The van der Waals surface area contributed by atoms with Crippen LogP contribution in [0, 0.1) is 11.6 Å². The van der Waals surface area contributed by atoms with Crippen LogP contribution >= 0.6 is 0 Å². The maximum Gasteiger partial charge on any atom is 0.410 e. The van der Waals surface area contributed by atoms with Gasteiger partial charge in [0.15, 0.2) is 0 Å². The minimum atomic E-state index is -0.788. The van der Waals surface area contributed by atoms with Gasteiger partial charge in [0.1, 0.15) is 17.2 Å². The van der Waals surface area contributed by atoms with Crippen LogP contribution in [0.3, 0.4) is 0 Å². The second-order valence-electron chi connectivity index (χ2n) is 7.13. The predicted octanol–water partition coefficient (Wildman–Crippen LogP) is 4.46. The molecule has 0 atom stereocenters. The van der Waals surface area contributed by atoms with Crippen molar-refractivity contribution in [3.8, 4) is 11.1 Å². The van der Waals surface area contributed by atoms with Gasteiger partial charge in [-0.3, -0.25) is 4.90 Å². The third-order valence-corrected chi connectivity index (χ3v) is 4.01. The molecular formula is C19H20F2N2O2. The molecule has 0 radical (unpaired) electrons. The highest BCUT2D eigenvalue weighted by Gasteiger charge is 2.29. The number of halogens is 2. The molecule has 0 saturated carbocycles. The van der Waals surface area contributed by atoms with Gasteiger partial charge in [-0.25, -0.2) is 13.6 Å². The van der Waals surface area contributed by atoms with E-state index in [2.05, 4.69) is 0 Å². The summed E-state index contributed by atoms with van der Waals surface area (Å²) in [7, 11) is 0. The Morgan fingerprint density at radius 1 is 1.12 bits per heavy atom. The number of carbonyl (C=O) groups excluding carboxylic acids is 1. The van der Waals surface area contributed by atoms with E-state index in [4.69, 9.17) is 10.5 Å². The zero-order valence-electron chi connectivity index (χ0n) is 14.4. The monoisotopic (exact) mass is 346 g/mol. The summed E-state index contributed by atoms with van der Waals surface area (Å²) in [5.41, 5.74) is 7.44. The van der Waals surface area contributed by atoms with Crippen molar-refractivity contribution in [1.82, 2.24) is 4.90 Å². The van der Waals surface area contributed by atoms with Gasteiger partial charge in [0.25, 0.3) is 0 Å². The molecule has 0 saturated heterocycles. The van der Waals surface area contributed by atoms with Gasteiger partial charge in [0, 0.05) is 18.2 Å². The number of fused-ring (bicyclic) bond motifs is 1. The lowest BCUT2D eigenvalue weighted by Crippen LogP contribution is -2.33. The molecule has 3 rings (SSSR count). The second-order valence-corrected chi connectivity index (χ2v) is 7.13. The number of ether oxygens (including phenoxy) is 1. The molecular weight excluding hydrogens is 326 g/mol. The smallest absolute Gasteiger partial charge is 0.410 e. The summed E-state index contributed by atoms with van der Waals surface area (Å²) in [6, 6.07) is 7.48. The molecule has 2 aromatic carbocycles. The molecule has 0 unspecified atom stereocenters. The molecule has 4 nitrogen and oxygen atoms in total. The van der Waals surface area contributed by atoms with Gasteiger partial charge in [0.05, 0.1) is 12.2 Å². The van der Waals surface area contributed by atoms with E-state index < -0.39 is 23.3 Å². The SMILES string of the molecule is CC(C)(C)OC(=O)N1Cc2cccc(-c3cc(N)c(F)cc3F)c2C1. The third-order valence-electron chi connectivity index (χ3n) is 4.01. The van der Waals surface area contributed by atoms with Crippen molar-refractivity contribution in [2.75, 3.05) is 5.73 Å². The Hall–Kier alpha value is -2.63. The number of carbonyl (C=O) groups is 1. The number of nitrogen functional groups attached to an aromatic ring is 1. The van der Waals surface area contributed by atoms with E-state index >= 15 is 0 Å². The van der Waals surface area contributed by atoms with Gasteiger partial charge in [-0.2, -0.15) is 0 Å². The summed E-state index contributed by atoms with van der Waals surface area (Å²) < 4.78 is 33.1. The quantitative estimate of drug-likeness (QED) is 0.776. The molecule has 1 amide bonds. The number of rotatable bonds is 1. The Morgan fingerprint density at radius 2 is 1.84 bits per heavy atom. The molecule has 0 aliphatic carbocycles. The third kappa shape index (κ3) is 3.43. The minimum absolute atomic E-state index is 0.115. The highest BCUT2D eigenvalue weighted by Crippen LogP contribution is 2.35. The molecule has 0 bridgehead atoms. The van der Waals surface area contributed by atoms with E-state index in [0.29, 0.717) is 18.7 Å². The van der Waals surface area contributed by atoms with Crippen LogP contribution in [0.25, 0.3) is 11.1 Å². The molecule has 132 valence electrons.